The van der Waals surface area contributed by atoms with Crippen LogP contribution >= 0.6 is 11.3 Å². The zero-order valence-electron chi connectivity index (χ0n) is 14.7. The van der Waals surface area contributed by atoms with E-state index in [1.54, 1.807) is 0 Å². The Bertz CT molecular complexity index is 849. The van der Waals surface area contributed by atoms with E-state index in [4.69, 9.17) is 0 Å². The third-order valence-corrected chi connectivity index (χ3v) is 5.12. The van der Waals surface area contributed by atoms with Gasteiger partial charge in [0.15, 0.2) is 0 Å². The monoisotopic (exact) mass is 426 g/mol. The SMILES string of the molecule is Cc1csc(C(O)(CC(=O)N(C)Cc2ccccc2C(F)(F)F)C(F)(F)F)n1. The van der Waals surface area contributed by atoms with Gasteiger partial charge in [-0.3, -0.25) is 4.79 Å². The predicted molar refractivity (Wildman–Crippen MR) is 89.3 cm³/mol. The maximum Gasteiger partial charge on any atom is 0.424 e. The molecule has 28 heavy (non-hydrogen) atoms. The van der Waals surface area contributed by atoms with Crippen molar-refractivity contribution in [2.24, 2.45) is 0 Å². The molecule has 1 unspecified atom stereocenters. The van der Waals surface area contributed by atoms with Gasteiger partial charge in [-0.1, -0.05) is 18.2 Å². The zero-order chi connectivity index (χ0) is 21.3. The van der Waals surface area contributed by atoms with E-state index in [1.165, 1.54) is 24.4 Å². The Hall–Kier alpha value is -2.14. The summed E-state index contributed by atoms with van der Waals surface area (Å²) >= 11 is 0.546. The van der Waals surface area contributed by atoms with E-state index >= 15 is 0 Å². The molecule has 1 aromatic heterocycles. The van der Waals surface area contributed by atoms with Gasteiger partial charge in [0.2, 0.25) is 11.5 Å². The lowest BCUT2D eigenvalue weighted by Gasteiger charge is -2.30. The molecule has 0 fully saturated rings. The average molecular weight is 426 g/mol. The smallest absolute Gasteiger partial charge is 0.374 e. The van der Waals surface area contributed by atoms with E-state index in [0.717, 1.165) is 19.2 Å². The van der Waals surface area contributed by atoms with Crippen LogP contribution in [0.5, 0.6) is 0 Å². The zero-order valence-corrected chi connectivity index (χ0v) is 15.5. The molecule has 1 amide bonds. The van der Waals surface area contributed by atoms with Crippen molar-refractivity contribution in [3.8, 4) is 0 Å². The summed E-state index contributed by atoms with van der Waals surface area (Å²) < 4.78 is 79.6. The molecular formula is C17H16F6N2O2S. The number of rotatable bonds is 5. The van der Waals surface area contributed by atoms with Gasteiger partial charge in [0.25, 0.3) is 0 Å². The fourth-order valence-electron chi connectivity index (χ4n) is 2.47. The second-order valence-electron chi connectivity index (χ2n) is 6.23. The number of amides is 1. The van der Waals surface area contributed by atoms with Crippen molar-refractivity contribution in [3.63, 3.8) is 0 Å². The van der Waals surface area contributed by atoms with Gasteiger partial charge in [0.05, 0.1) is 12.0 Å². The van der Waals surface area contributed by atoms with E-state index in [-0.39, 0.29) is 11.3 Å². The van der Waals surface area contributed by atoms with Crippen LogP contribution in [0.2, 0.25) is 0 Å². The molecule has 0 aliphatic carbocycles. The Labute approximate surface area is 160 Å². The number of hydrogen-bond acceptors (Lipinski definition) is 4. The van der Waals surface area contributed by atoms with Gasteiger partial charge in [0, 0.05) is 24.7 Å². The highest BCUT2D eigenvalue weighted by Gasteiger charge is 2.58. The molecule has 2 aromatic rings. The van der Waals surface area contributed by atoms with Crippen LogP contribution in [0.4, 0.5) is 26.3 Å². The second kappa shape index (κ2) is 7.70. The van der Waals surface area contributed by atoms with Crippen LogP contribution in [0, 0.1) is 6.92 Å². The van der Waals surface area contributed by atoms with E-state index in [2.05, 4.69) is 4.98 Å². The Morgan fingerprint density at radius 1 is 1.18 bits per heavy atom. The molecule has 0 saturated heterocycles. The summed E-state index contributed by atoms with van der Waals surface area (Å²) in [5.74, 6) is -1.18. The van der Waals surface area contributed by atoms with Gasteiger partial charge < -0.3 is 10.0 Å². The van der Waals surface area contributed by atoms with Gasteiger partial charge in [-0.05, 0) is 18.6 Å². The lowest BCUT2D eigenvalue weighted by molar-refractivity contribution is -0.268. The fraction of sp³-hybridized carbons (Fsp3) is 0.412. The number of halogens is 6. The molecule has 0 bridgehead atoms. The maximum atomic E-state index is 13.5. The molecular weight excluding hydrogens is 410 g/mol. The van der Waals surface area contributed by atoms with Crippen LogP contribution in [0.3, 0.4) is 0 Å². The van der Waals surface area contributed by atoms with Crippen molar-refractivity contribution < 1.29 is 36.2 Å². The first kappa shape index (κ1) is 22.2. The molecule has 1 atom stereocenters. The van der Waals surface area contributed by atoms with Gasteiger partial charge in [-0.25, -0.2) is 4.98 Å². The fourth-order valence-corrected chi connectivity index (χ4v) is 3.39. The minimum absolute atomic E-state index is 0.239. The third kappa shape index (κ3) is 4.64. The van der Waals surface area contributed by atoms with E-state index in [0.29, 0.717) is 16.2 Å². The van der Waals surface area contributed by atoms with Crippen LogP contribution in [-0.2, 0) is 23.1 Å². The van der Waals surface area contributed by atoms with Gasteiger partial charge in [0.1, 0.15) is 5.01 Å². The minimum atomic E-state index is -5.20. The van der Waals surface area contributed by atoms with Gasteiger partial charge in [-0.15, -0.1) is 11.3 Å². The Morgan fingerprint density at radius 2 is 1.79 bits per heavy atom. The van der Waals surface area contributed by atoms with Crippen LogP contribution in [-0.4, -0.2) is 34.1 Å². The highest BCUT2D eigenvalue weighted by molar-refractivity contribution is 7.09. The van der Waals surface area contributed by atoms with Crippen LogP contribution < -0.4 is 0 Å². The molecule has 0 spiro atoms. The highest BCUT2D eigenvalue weighted by atomic mass is 32.1. The summed E-state index contributed by atoms with van der Waals surface area (Å²) in [5.41, 5.74) is -4.55. The van der Waals surface area contributed by atoms with Crippen LogP contribution in [0.1, 0.15) is 28.2 Å². The minimum Gasteiger partial charge on any atom is -0.374 e. The topological polar surface area (TPSA) is 53.4 Å². The number of aliphatic hydroxyl groups is 1. The third-order valence-electron chi connectivity index (χ3n) is 4.00. The standard InChI is InChI=1S/C17H16F6N2O2S/c1-10-9-28-14(24-10)15(27,17(21,22)23)7-13(26)25(2)8-11-5-3-4-6-12(11)16(18,19)20/h3-6,9,27H,7-8H2,1-2H3. The molecule has 4 nitrogen and oxygen atoms in total. The first-order chi connectivity index (χ1) is 12.8. The Kier molecular flexibility index (Phi) is 6.10. The summed E-state index contributed by atoms with van der Waals surface area (Å²) in [5, 5.41) is 10.8. The lowest BCUT2D eigenvalue weighted by atomic mass is 9.98. The first-order valence-electron chi connectivity index (χ1n) is 7.86. The molecule has 154 valence electrons. The van der Waals surface area contributed by atoms with Crippen molar-refractivity contribution >= 4 is 17.2 Å². The van der Waals surface area contributed by atoms with Crippen molar-refractivity contribution in [1.29, 1.82) is 0 Å². The largest absolute Gasteiger partial charge is 0.424 e. The molecule has 0 aliphatic heterocycles. The first-order valence-corrected chi connectivity index (χ1v) is 8.74. The number of aryl methyl sites for hydroxylation is 1. The van der Waals surface area contributed by atoms with E-state index in [1.807, 2.05) is 0 Å². The quantitative estimate of drug-likeness (QED) is 0.727. The van der Waals surface area contributed by atoms with Crippen LogP contribution in [0.15, 0.2) is 29.6 Å². The normalized spacial score (nSPS) is 14.6. The highest BCUT2D eigenvalue weighted by Crippen LogP contribution is 2.43. The van der Waals surface area contributed by atoms with Gasteiger partial charge >= 0.3 is 12.4 Å². The number of hydrogen-bond donors (Lipinski definition) is 1. The molecule has 1 N–H and O–H groups in total. The molecule has 0 radical (unpaired) electrons. The molecule has 1 heterocycles. The number of nitrogens with zero attached hydrogens (tertiary/aromatic N) is 2. The van der Waals surface area contributed by atoms with Crippen molar-refractivity contribution in [2.75, 3.05) is 7.05 Å². The van der Waals surface area contributed by atoms with E-state index in [9.17, 15) is 36.2 Å². The number of thiazole rings is 1. The Balaban J connectivity index is 2.26. The van der Waals surface area contributed by atoms with Crippen LogP contribution in [0.25, 0.3) is 0 Å². The second-order valence-corrected chi connectivity index (χ2v) is 7.09. The van der Waals surface area contributed by atoms with Gasteiger partial charge in [-0.2, -0.15) is 26.3 Å². The molecule has 2 rings (SSSR count). The summed E-state index contributed by atoms with van der Waals surface area (Å²) in [6.07, 6.45) is -11.3. The number of carbonyl (C=O) groups is 1. The molecule has 0 aliphatic rings. The predicted octanol–water partition coefficient (Wildman–Crippen LogP) is 4.27. The maximum absolute atomic E-state index is 13.5. The van der Waals surface area contributed by atoms with E-state index < -0.39 is 47.4 Å². The molecule has 11 heteroatoms. The average Bonchev–Trinajstić information content (AvgIpc) is 3.00. The van der Waals surface area contributed by atoms with Crippen molar-refractivity contribution in [3.05, 3.63) is 51.5 Å². The number of aromatic nitrogens is 1. The molecule has 1 aromatic carbocycles. The summed E-state index contributed by atoms with van der Waals surface area (Å²) in [6.45, 7) is 0.859. The summed E-state index contributed by atoms with van der Waals surface area (Å²) in [7, 11) is 1.07. The number of alkyl halides is 6. The Morgan fingerprint density at radius 3 is 2.29 bits per heavy atom. The van der Waals surface area contributed by atoms with Crippen molar-refractivity contribution in [2.45, 2.75) is 37.8 Å². The lowest BCUT2D eigenvalue weighted by Crippen LogP contribution is -2.46. The number of benzene rings is 1. The summed E-state index contributed by atoms with van der Waals surface area (Å²) in [4.78, 5) is 16.6. The molecule has 0 saturated carbocycles. The van der Waals surface area contributed by atoms with Crippen molar-refractivity contribution in [1.82, 2.24) is 9.88 Å². The number of carbonyl (C=O) groups excluding carboxylic acids is 1. The summed E-state index contributed by atoms with van der Waals surface area (Å²) in [6, 6.07) is 4.44.